The van der Waals surface area contributed by atoms with Crippen LogP contribution in [0.15, 0.2) is 27.4 Å². The topological polar surface area (TPSA) is 149 Å². The second kappa shape index (κ2) is 7.07. The van der Waals surface area contributed by atoms with Crippen molar-refractivity contribution in [1.82, 2.24) is 0 Å². The minimum Gasteiger partial charge on any atom is -0.480 e. The number of carbonyl (C=O) groups excluding carboxylic acids is 2. The zero-order valence-electron chi connectivity index (χ0n) is 13.4. The van der Waals surface area contributed by atoms with E-state index in [0.29, 0.717) is 0 Å². The molecule has 0 aliphatic carbocycles. The molecule has 0 spiro atoms. The van der Waals surface area contributed by atoms with Gasteiger partial charge in [0.05, 0.1) is 0 Å². The normalized spacial score (nSPS) is 12.5. The molecular weight excluding hydrogens is 377 g/mol. The van der Waals surface area contributed by atoms with E-state index in [1.165, 1.54) is 13.0 Å². The van der Waals surface area contributed by atoms with Crippen LogP contribution in [0.3, 0.4) is 0 Å². The second-order valence-electron chi connectivity index (χ2n) is 5.24. The number of amides is 1. The average molecular weight is 388 g/mol. The van der Waals surface area contributed by atoms with Gasteiger partial charge in [-0.05, 0) is 24.6 Å². The molecule has 0 aliphatic rings. The van der Waals surface area contributed by atoms with Gasteiger partial charge in [-0.2, -0.15) is 13.2 Å². The third kappa shape index (κ3) is 4.23. The number of nitrogens with one attached hydrogen (secondary N) is 1. The zero-order valence-corrected chi connectivity index (χ0v) is 13.4. The first-order chi connectivity index (χ1) is 12.4. The van der Waals surface area contributed by atoms with Gasteiger partial charge in [0, 0.05) is 11.5 Å². The van der Waals surface area contributed by atoms with Crippen LogP contribution in [0.25, 0.3) is 11.0 Å². The molecule has 2 rings (SSSR count). The molecular formula is C15H11F3N2O7. The van der Waals surface area contributed by atoms with Crippen LogP contribution in [-0.4, -0.2) is 35.2 Å². The number of alkyl halides is 3. The predicted molar refractivity (Wildman–Crippen MR) is 83.2 cm³/mol. The van der Waals surface area contributed by atoms with Crippen molar-refractivity contribution in [3.63, 3.8) is 0 Å². The zero-order chi connectivity index (χ0) is 20.5. The number of carboxylic acids is 1. The van der Waals surface area contributed by atoms with Gasteiger partial charge in [0.25, 0.3) is 5.91 Å². The quantitative estimate of drug-likeness (QED) is 0.303. The van der Waals surface area contributed by atoms with Gasteiger partial charge in [0.15, 0.2) is 6.04 Å². The van der Waals surface area contributed by atoms with Crippen molar-refractivity contribution in [2.45, 2.75) is 19.1 Å². The van der Waals surface area contributed by atoms with Gasteiger partial charge < -0.3 is 25.3 Å². The van der Waals surface area contributed by atoms with Crippen molar-refractivity contribution < 1.29 is 41.8 Å². The number of esters is 1. The fraction of sp³-hybridized carbons (Fsp3) is 0.200. The SMILES string of the molecule is Cc1c(NC(=O)[C@H](N)C(=O)O)c(=O)oc2cc(OC(=O)C(F)(F)F)ccc12. The van der Waals surface area contributed by atoms with E-state index in [4.69, 9.17) is 15.3 Å². The summed E-state index contributed by atoms with van der Waals surface area (Å²) in [6.07, 6.45) is -5.21. The van der Waals surface area contributed by atoms with Crippen LogP contribution in [-0.2, 0) is 14.4 Å². The molecule has 2 aromatic rings. The number of rotatable bonds is 4. The molecule has 1 amide bonds. The molecule has 0 fully saturated rings. The molecule has 0 saturated heterocycles. The van der Waals surface area contributed by atoms with Crippen LogP contribution in [0.5, 0.6) is 5.75 Å². The van der Waals surface area contributed by atoms with Crippen LogP contribution in [0.1, 0.15) is 5.56 Å². The van der Waals surface area contributed by atoms with Gasteiger partial charge in [-0.1, -0.05) is 0 Å². The number of aryl methyl sites for hydroxylation is 1. The molecule has 144 valence electrons. The summed E-state index contributed by atoms with van der Waals surface area (Å²) in [5.41, 5.74) is 3.57. The molecule has 9 nitrogen and oxygen atoms in total. The number of carbonyl (C=O) groups is 3. The van der Waals surface area contributed by atoms with Crippen LogP contribution in [0.4, 0.5) is 18.9 Å². The van der Waals surface area contributed by atoms with Crippen LogP contribution < -0.4 is 21.4 Å². The third-order valence-corrected chi connectivity index (χ3v) is 3.38. The highest BCUT2D eigenvalue weighted by molar-refractivity contribution is 6.08. The predicted octanol–water partition coefficient (Wildman–Crippen LogP) is 0.920. The summed E-state index contributed by atoms with van der Waals surface area (Å²) in [6.45, 7) is 1.38. The summed E-state index contributed by atoms with van der Waals surface area (Å²) in [7, 11) is 0. The number of carboxylic acid groups (broad SMARTS) is 1. The van der Waals surface area contributed by atoms with E-state index in [-0.39, 0.29) is 22.2 Å². The average Bonchev–Trinajstić information content (AvgIpc) is 2.56. The van der Waals surface area contributed by atoms with E-state index in [1.807, 2.05) is 5.32 Å². The maximum Gasteiger partial charge on any atom is 0.491 e. The molecule has 27 heavy (non-hydrogen) atoms. The minimum absolute atomic E-state index is 0.140. The highest BCUT2D eigenvalue weighted by Crippen LogP contribution is 2.27. The fourth-order valence-corrected chi connectivity index (χ4v) is 2.02. The maximum atomic E-state index is 12.2. The van der Waals surface area contributed by atoms with Crippen LogP contribution in [0, 0.1) is 6.92 Å². The van der Waals surface area contributed by atoms with Crippen molar-refractivity contribution in [3.8, 4) is 5.75 Å². The Morgan fingerprint density at radius 3 is 2.48 bits per heavy atom. The molecule has 0 unspecified atom stereocenters. The van der Waals surface area contributed by atoms with Crippen LogP contribution in [0.2, 0.25) is 0 Å². The number of halogens is 3. The number of nitrogens with two attached hydrogens (primary N) is 1. The Bertz CT molecular complexity index is 997. The molecule has 1 aromatic heterocycles. The molecule has 1 aromatic carbocycles. The summed E-state index contributed by atoms with van der Waals surface area (Å²) < 4.78 is 45.7. The second-order valence-corrected chi connectivity index (χ2v) is 5.24. The van der Waals surface area contributed by atoms with E-state index in [9.17, 15) is 32.3 Å². The number of fused-ring (bicyclic) bond motifs is 1. The summed E-state index contributed by atoms with van der Waals surface area (Å²) in [5, 5.41) is 10.9. The Kier molecular flexibility index (Phi) is 5.21. The number of hydrogen-bond donors (Lipinski definition) is 3. The first-order valence-electron chi connectivity index (χ1n) is 7.07. The molecule has 4 N–H and O–H groups in total. The van der Waals surface area contributed by atoms with E-state index in [1.54, 1.807) is 0 Å². The minimum atomic E-state index is -5.21. The molecule has 12 heteroatoms. The summed E-state index contributed by atoms with van der Waals surface area (Å²) in [5.74, 6) is -5.76. The number of aliphatic carboxylic acids is 1. The van der Waals surface area contributed by atoms with Crippen molar-refractivity contribution in [3.05, 3.63) is 34.2 Å². The van der Waals surface area contributed by atoms with Crippen molar-refractivity contribution in [2.75, 3.05) is 5.32 Å². The van der Waals surface area contributed by atoms with Gasteiger partial charge in [-0.3, -0.25) is 4.79 Å². The summed E-state index contributed by atoms with van der Waals surface area (Å²) in [4.78, 5) is 45.3. The van der Waals surface area contributed by atoms with Gasteiger partial charge >= 0.3 is 23.7 Å². The third-order valence-electron chi connectivity index (χ3n) is 3.38. The van der Waals surface area contributed by atoms with Gasteiger partial charge in [0.1, 0.15) is 17.0 Å². The van der Waals surface area contributed by atoms with E-state index < -0.39 is 41.4 Å². The lowest BCUT2D eigenvalue weighted by atomic mass is 10.1. The number of anilines is 1. The number of benzene rings is 1. The fourth-order valence-electron chi connectivity index (χ4n) is 2.02. The first-order valence-corrected chi connectivity index (χ1v) is 7.07. The first kappa shape index (κ1) is 19.9. The number of ether oxygens (including phenoxy) is 1. The van der Waals surface area contributed by atoms with E-state index in [2.05, 4.69) is 4.74 Å². The molecule has 1 atom stereocenters. The molecule has 0 bridgehead atoms. The lowest BCUT2D eigenvalue weighted by Gasteiger charge is -2.12. The Balaban J connectivity index is 2.41. The summed E-state index contributed by atoms with van der Waals surface area (Å²) >= 11 is 0. The monoisotopic (exact) mass is 388 g/mol. The van der Waals surface area contributed by atoms with Crippen molar-refractivity contribution >= 4 is 34.5 Å². The number of hydrogen-bond acceptors (Lipinski definition) is 7. The lowest BCUT2D eigenvalue weighted by molar-refractivity contribution is -0.189. The lowest BCUT2D eigenvalue weighted by Crippen LogP contribution is -2.43. The van der Waals surface area contributed by atoms with E-state index in [0.717, 1.165) is 12.1 Å². The van der Waals surface area contributed by atoms with Gasteiger partial charge in [0.2, 0.25) is 0 Å². The Labute approximate surface area is 147 Å². The van der Waals surface area contributed by atoms with Crippen LogP contribution >= 0.6 is 0 Å². The van der Waals surface area contributed by atoms with Gasteiger partial charge in [-0.25, -0.2) is 14.4 Å². The van der Waals surface area contributed by atoms with Crippen molar-refractivity contribution in [1.29, 1.82) is 0 Å². The smallest absolute Gasteiger partial charge is 0.480 e. The molecule has 1 heterocycles. The Morgan fingerprint density at radius 2 is 1.93 bits per heavy atom. The highest BCUT2D eigenvalue weighted by atomic mass is 19.4. The highest BCUT2D eigenvalue weighted by Gasteiger charge is 2.41. The molecule has 0 saturated carbocycles. The van der Waals surface area contributed by atoms with Crippen molar-refractivity contribution in [2.24, 2.45) is 5.73 Å². The largest absolute Gasteiger partial charge is 0.491 e. The van der Waals surface area contributed by atoms with Gasteiger partial charge in [-0.15, -0.1) is 0 Å². The molecule has 0 aliphatic heterocycles. The Hall–Kier alpha value is -3.41. The Morgan fingerprint density at radius 1 is 1.30 bits per heavy atom. The maximum absolute atomic E-state index is 12.2. The standard InChI is InChI=1S/C15H11F3N2O7/c1-5-7-3-2-6(26-14(25)15(16,17)18)4-8(7)27-13(24)10(5)20-11(21)9(19)12(22)23/h2-4,9H,19H2,1H3,(H,20,21)(H,22,23)/t9-/m0/s1. The van der Waals surface area contributed by atoms with E-state index >= 15 is 0 Å². The molecule has 0 radical (unpaired) electrons. The summed E-state index contributed by atoms with van der Waals surface area (Å²) in [6, 6.07) is 1.18.